The van der Waals surface area contributed by atoms with E-state index < -0.39 is 11.2 Å². The van der Waals surface area contributed by atoms with Crippen LogP contribution in [0.25, 0.3) is 0 Å². The van der Waals surface area contributed by atoms with Gasteiger partial charge in [-0.15, -0.1) is 0 Å². The number of aliphatic hydroxyl groups is 2. The van der Waals surface area contributed by atoms with Crippen molar-refractivity contribution >= 4 is 5.91 Å². The number of hydrogen-bond acceptors (Lipinski definition) is 4. The average Bonchev–Trinajstić information content (AvgIpc) is 2.36. The van der Waals surface area contributed by atoms with E-state index in [1.165, 1.54) is 0 Å². The summed E-state index contributed by atoms with van der Waals surface area (Å²) in [5.41, 5.74) is -1.53. The van der Waals surface area contributed by atoms with Crippen LogP contribution in [0.2, 0.25) is 0 Å². The minimum atomic E-state index is -1.22. The molecule has 2 unspecified atom stereocenters. The normalized spacial score (nSPS) is 17.1. The Hall–Kier alpha value is -1.43. The van der Waals surface area contributed by atoms with Crippen molar-refractivity contribution in [3.63, 3.8) is 0 Å². The molecule has 0 aromatic heterocycles. The van der Waals surface area contributed by atoms with Gasteiger partial charge in [0.25, 0.3) is 0 Å². The molecule has 5 heteroatoms. The van der Waals surface area contributed by atoms with Crippen LogP contribution in [-0.4, -0.2) is 53.8 Å². The fourth-order valence-corrected chi connectivity index (χ4v) is 2.30. The van der Waals surface area contributed by atoms with Gasteiger partial charge in [0.05, 0.1) is 17.6 Å². The maximum absolute atomic E-state index is 12.0. The third kappa shape index (κ3) is 6.25. The number of carbonyl (C=O) groups excluding carboxylic acids is 1. The van der Waals surface area contributed by atoms with Gasteiger partial charge in [0.1, 0.15) is 0 Å². The van der Waals surface area contributed by atoms with Crippen molar-refractivity contribution in [2.24, 2.45) is 0 Å². The number of benzene rings is 1. The van der Waals surface area contributed by atoms with E-state index >= 15 is 0 Å². The Bertz CT molecular complexity index is 456. The van der Waals surface area contributed by atoms with Gasteiger partial charge in [-0.1, -0.05) is 30.3 Å². The van der Waals surface area contributed by atoms with Gasteiger partial charge in [0.15, 0.2) is 0 Å². The van der Waals surface area contributed by atoms with Crippen LogP contribution in [-0.2, 0) is 10.4 Å². The van der Waals surface area contributed by atoms with Gasteiger partial charge in [-0.05, 0) is 33.5 Å². The molecule has 1 aromatic carbocycles. The first kappa shape index (κ1) is 17.6. The molecule has 2 atom stereocenters. The van der Waals surface area contributed by atoms with Crippen molar-refractivity contribution in [1.82, 2.24) is 10.2 Å². The van der Waals surface area contributed by atoms with Crippen LogP contribution in [0.4, 0.5) is 0 Å². The molecule has 118 valence electrons. The van der Waals surface area contributed by atoms with Crippen LogP contribution in [0.5, 0.6) is 0 Å². The zero-order valence-electron chi connectivity index (χ0n) is 13.3. The van der Waals surface area contributed by atoms with E-state index in [-0.39, 0.29) is 18.9 Å². The summed E-state index contributed by atoms with van der Waals surface area (Å²) in [6.45, 7) is 3.87. The maximum atomic E-state index is 12.0. The molecule has 0 bridgehead atoms. The Morgan fingerprint density at radius 2 is 1.76 bits per heavy atom. The first-order valence-corrected chi connectivity index (χ1v) is 7.04. The highest BCUT2D eigenvalue weighted by molar-refractivity contribution is 5.77. The van der Waals surface area contributed by atoms with Crippen LogP contribution >= 0.6 is 0 Å². The standard InChI is InChI=1S/C16H26N2O3/c1-15(20,12-18(3)4)11-17-14(19)10-16(2,21)13-8-6-5-7-9-13/h5-9,20-21H,10-12H2,1-4H3,(H,17,19). The monoisotopic (exact) mass is 294 g/mol. The molecule has 0 aliphatic carbocycles. The van der Waals surface area contributed by atoms with Gasteiger partial charge in [0.2, 0.25) is 5.91 Å². The number of hydrogen-bond donors (Lipinski definition) is 3. The van der Waals surface area contributed by atoms with Gasteiger partial charge in [0, 0.05) is 13.1 Å². The fraction of sp³-hybridized carbons (Fsp3) is 0.562. The fourth-order valence-electron chi connectivity index (χ4n) is 2.30. The van der Waals surface area contributed by atoms with Crippen molar-refractivity contribution in [2.45, 2.75) is 31.5 Å². The van der Waals surface area contributed by atoms with E-state index in [9.17, 15) is 15.0 Å². The third-order valence-corrected chi connectivity index (χ3v) is 3.22. The summed E-state index contributed by atoms with van der Waals surface area (Å²) in [4.78, 5) is 13.8. The summed E-state index contributed by atoms with van der Waals surface area (Å²) in [5.74, 6) is -0.289. The Morgan fingerprint density at radius 1 is 1.19 bits per heavy atom. The van der Waals surface area contributed by atoms with E-state index in [0.717, 1.165) is 0 Å². The molecule has 5 nitrogen and oxygen atoms in total. The van der Waals surface area contributed by atoms with Gasteiger partial charge in [-0.2, -0.15) is 0 Å². The summed E-state index contributed by atoms with van der Waals surface area (Å²) < 4.78 is 0. The van der Waals surface area contributed by atoms with E-state index in [0.29, 0.717) is 12.1 Å². The van der Waals surface area contributed by atoms with Gasteiger partial charge in [-0.25, -0.2) is 0 Å². The smallest absolute Gasteiger partial charge is 0.223 e. The summed E-state index contributed by atoms with van der Waals surface area (Å²) >= 11 is 0. The van der Waals surface area contributed by atoms with E-state index in [2.05, 4.69) is 5.32 Å². The van der Waals surface area contributed by atoms with Crippen molar-refractivity contribution in [3.05, 3.63) is 35.9 Å². The summed E-state index contributed by atoms with van der Waals surface area (Å²) in [6, 6.07) is 9.08. The Kier molecular flexibility index (Phi) is 5.89. The predicted molar refractivity (Wildman–Crippen MR) is 82.8 cm³/mol. The number of nitrogens with zero attached hydrogens (tertiary/aromatic N) is 1. The summed E-state index contributed by atoms with van der Waals surface area (Å²) in [5, 5.41) is 23.2. The summed E-state index contributed by atoms with van der Waals surface area (Å²) in [6.07, 6.45) is -0.0466. The first-order valence-electron chi connectivity index (χ1n) is 7.04. The van der Waals surface area contributed by atoms with E-state index in [1.54, 1.807) is 26.0 Å². The Morgan fingerprint density at radius 3 is 2.29 bits per heavy atom. The van der Waals surface area contributed by atoms with Crippen molar-refractivity contribution in [2.75, 3.05) is 27.2 Å². The highest BCUT2D eigenvalue weighted by Gasteiger charge is 2.28. The van der Waals surface area contributed by atoms with Crippen LogP contribution < -0.4 is 5.32 Å². The van der Waals surface area contributed by atoms with Crippen LogP contribution in [0.1, 0.15) is 25.8 Å². The lowest BCUT2D eigenvalue weighted by molar-refractivity contribution is -0.127. The van der Waals surface area contributed by atoms with Crippen molar-refractivity contribution in [1.29, 1.82) is 0 Å². The zero-order valence-corrected chi connectivity index (χ0v) is 13.3. The quantitative estimate of drug-likeness (QED) is 0.692. The SMILES string of the molecule is CN(C)CC(C)(O)CNC(=O)CC(C)(O)c1ccccc1. The lowest BCUT2D eigenvalue weighted by Gasteiger charge is -2.28. The topological polar surface area (TPSA) is 72.8 Å². The first-order chi connectivity index (χ1) is 9.62. The zero-order chi connectivity index (χ0) is 16.1. The maximum Gasteiger partial charge on any atom is 0.223 e. The lowest BCUT2D eigenvalue weighted by Crippen LogP contribution is -2.47. The minimum absolute atomic E-state index is 0.0466. The number of nitrogens with one attached hydrogen (secondary N) is 1. The second-order valence-electron chi connectivity index (χ2n) is 6.33. The number of likely N-dealkylation sites (N-methyl/N-ethyl adjacent to an activating group) is 1. The van der Waals surface area contributed by atoms with Gasteiger partial charge >= 0.3 is 0 Å². The average molecular weight is 294 g/mol. The van der Waals surface area contributed by atoms with Crippen molar-refractivity contribution in [3.8, 4) is 0 Å². The molecule has 0 aliphatic heterocycles. The largest absolute Gasteiger partial charge is 0.387 e. The summed E-state index contributed by atoms with van der Waals surface area (Å²) in [7, 11) is 3.72. The molecule has 21 heavy (non-hydrogen) atoms. The molecular formula is C16H26N2O3. The molecule has 0 radical (unpaired) electrons. The molecule has 1 aromatic rings. The molecule has 1 amide bonds. The molecule has 0 spiro atoms. The van der Waals surface area contributed by atoms with Crippen LogP contribution in [0, 0.1) is 0 Å². The second-order valence-corrected chi connectivity index (χ2v) is 6.33. The number of amides is 1. The van der Waals surface area contributed by atoms with Crippen LogP contribution in [0.15, 0.2) is 30.3 Å². The highest BCUT2D eigenvalue weighted by atomic mass is 16.3. The molecule has 0 heterocycles. The van der Waals surface area contributed by atoms with Crippen molar-refractivity contribution < 1.29 is 15.0 Å². The van der Waals surface area contributed by atoms with Crippen LogP contribution in [0.3, 0.4) is 0 Å². The minimum Gasteiger partial charge on any atom is -0.387 e. The van der Waals surface area contributed by atoms with Gasteiger partial charge in [-0.3, -0.25) is 4.79 Å². The Balaban J connectivity index is 2.54. The Labute approximate surface area is 126 Å². The third-order valence-electron chi connectivity index (χ3n) is 3.22. The van der Waals surface area contributed by atoms with E-state index in [4.69, 9.17) is 0 Å². The molecule has 0 saturated carbocycles. The lowest BCUT2D eigenvalue weighted by atomic mass is 9.92. The highest BCUT2D eigenvalue weighted by Crippen LogP contribution is 2.23. The molecule has 0 aliphatic rings. The molecular weight excluding hydrogens is 268 g/mol. The van der Waals surface area contributed by atoms with Gasteiger partial charge < -0.3 is 20.4 Å². The van der Waals surface area contributed by atoms with E-state index in [1.807, 2.05) is 37.2 Å². The molecule has 0 fully saturated rings. The molecule has 3 N–H and O–H groups in total. The number of carbonyl (C=O) groups is 1. The number of rotatable bonds is 7. The predicted octanol–water partition coefficient (Wildman–Crippen LogP) is 0.713. The molecule has 1 rings (SSSR count). The molecule has 0 saturated heterocycles. The second kappa shape index (κ2) is 7.02.